The minimum Gasteiger partial charge on any atom is -0.366 e. The molecule has 2 N–H and O–H groups in total. The Bertz CT molecular complexity index is 584. The van der Waals surface area contributed by atoms with Crippen LogP contribution in [-0.2, 0) is 0 Å². The normalized spacial score (nSPS) is 21.9. The minimum atomic E-state index is 0.445. The van der Waals surface area contributed by atoms with E-state index in [0.717, 1.165) is 36.0 Å². The number of nitrogens with zero attached hydrogens (tertiary/aromatic N) is 3. The van der Waals surface area contributed by atoms with Crippen LogP contribution in [0.25, 0.3) is 11.4 Å². The number of hydrogen-bond donors (Lipinski definition) is 2. The monoisotopic (exact) mass is 269 g/mol. The number of anilines is 1. The highest BCUT2D eigenvalue weighted by atomic mass is 15.1. The lowest BCUT2D eigenvalue weighted by molar-refractivity contribution is 0.593. The topological polar surface area (TPSA) is 62.7 Å². The Kier molecular flexibility index (Phi) is 3.60. The van der Waals surface area contributed by atoms with Gasteiger partial charge in [0.1, 0.15) is 5.82 Å². The lowest BCUT2D eigenvalue weighted by atomic mass is 10.1. The first-order valence-electron chi connectivity index (χ1n) is 6.96. The average molecular weight is 269 g/mol. The number of rotatable bonds is 3. The maximum atomic E-state index is 4.63. The first-order valence-corrected chi connectivity index (χ1v) is 6.96. The maximum absolute atomic E-state index is 4.63. The van der Waals surface area contributed by atoms with Crippen LogP contribution in [0, 0.1) is 12.8 Å². The summed E-state index contributed by atoms with van der Waals surface area (Å²) in [5.41, 5.74) is 1.92. The van der Waals surface area contributed by atoms with Gasteiger partial charge in [0, 0.05) is 30.5 Å². The molecule has 5 heteroatoms. The summed E-state index contributed by atoms with van der Waals surface area (Å²) in [6, 6.07) is 6.30. The molecule has 3 rings (SSSR count). The second-order valence-corrected chi connectivity index (χ2v) is 5.29. The summed E-state index contributed by atoms with van der Waals surface area (Å²) in [4.78, 5) is 13.2. The van der Waals surface area contributed by atoms with Crippen molar-refractivity contribution in [2.75, 3.05) is 18.4 Å². The number of aromatic nitrogens is 3. The molecular formula is C15H19N5. The van der Waals surface area contributed by atoms with Gasteiger partial charge < -0.3 is 10.6 Å². The van der Waals surface area contributed by atoms with Gasteiger partial charge in [0.2, 0.25) is 0 Å². The predicted molar refractivity (Wildman–Crippen MR) is 79.4 cm³/mol. The number of hydrogen-bond acceptors (Lipinski definition) is 5. The third-order valence-electron chi connectivity index (χ3n) is 3.74. The molecule has 0 spiro atoms. The van der Waals surface area contributed by atoms with Crippen molar-refractivity contribution in [3.05, 3.63) is 36.3 Å². The quantitative estimate of drug-likeness (QED) is 0.890. The van der Waals surface area contributed by atoms with Gasteiger partial charge in [-0.05, 0) is 37.6 Å². The summed E-state index contributed by atoms with van der Waals surface area (Å²) in [6.45, 7) is 6.29. The van der Waals surface area contributed by atoms with E-state index < -0.39 is 0 Å². The standard InChI is InChI=1S/C15H19N5/c1-10-8-16-9-13(10)20-14-5-4-12(11(2)19-14)15-17-6-3-7-18-15/h3-7,10,13,16H,8-9H2,1-2H3,(H,19,20)/t10-,13+/m0/s1. The molecule has 1 fully saturated rings. The fourth-order valence-electron chi connectivity index (χ4n) is 2.51. The molecule has 20 heavy (non-hydrogen) atoms. The number of aryl methyl sites for hydroxylation is 1. The van der Waals surface area contributed by atoms with Gasteiger partial charge in [-0.1, -0.05) is 6.92 Å². The molecule has 2 atom stereocenters. The van der Waals surface area contributed by atoms with E-state index in [0.29, 0.717) is 12.0 Å². The largest absolute Gasteiger partial charge is 0.366 e. The molecular weight excluding hydrogens is 250 g/mol. The van der Waals surface area contributed by atoms with E-state index in [9.17, 15) is 0 Å². The van der Waals surface area contributed by atoms with E-state index in [-0.39, 0.29) is 0 Å². The van der Waals surface area contributed by atoms with E-state index in [1.165, 1.54) is 0 Å². The second kappa shape index (κ2) is 5.54. The molecule has 1 aliphatic rings. The van der Waals surface area contributed by atoms with Crippen LogP contribution in [-0.4, -0.2) is 34.1 Å². The van der Waals surface area contributed by atoms with Crippen molar-refractivity contribution >= 4 is 5.82 Å². The third-order valence-corrected chi connectivity index (χ3v) is 3.74. The van der Waals surface area contributed by atoms with Gasteiger partial charge in [0.05, 0.1) is 5.69 Å². The Morgan fingerprint density at radius 3 is 2.65 bits per heavy atom. The van der Waals surface area contributed by atoms with Gasteiger partial charge in [0.15, 0.2) is 5.82 Å². The van der Waals surface area contributed by atoms with E-state index in [1.807, 2.05) is 25.1 Å². The fraction of sp³-hybridized carbons (Fsp3) is 0.400. The van der Waals surface area contributed by atoms with Gasteiger partial charge >= 0.3 is 0 Å². The molecule has 0 unspecified atom stereocenters. The van der Waals surface area contributed by atoms with Gasteiger partial charge in [-0.3, -0.25) is 0 Å². The SMILES string of the molecule is Cc1nc(N[C@@H]2CNC[C@@H]2C)ccc1-c1ncccn1. The Balaban J connectivity index is 1.81. The molecule has 2 aromatic rings. The second-order valence-electron chi connectivity index (χ2n) is 5.29. The zero-order valence-electron chi connectivity index (χ0n) is 11.8. The molecule has 0 radical (unpaired) electrons. The van der Waals surface area contributed by atoms with E-state index >= 15 is 0 Å². The summed E-state index contributed by atoms with van der Waals surface area (Å²) in [5.74, 6) is 2.26. The average Bonchev–Trinajstić information content (AvgIpc) is 2.85. The first kappa shape index (κ1) is 13.0. The molecule has 3 heterocycles. The van der Waals surface area contributed by atoms with Crippen molar-refractivity contribution in [2.24, 2.45) is 5.92 Å². The summed E-state index contributed by atoms with van der Waals surface area (Å²) >= 11 is 0. The van der Waals surface area contributed by atoms with Crippen molar-refractivity contribution in [1.82, 2.24) is 20.3 Å². The van der Waals surface area contributed by atoms with Gasteiger partial charge in [-0.2, -0.15) is 0 Å². The fourth-order valence-corrected chi connectivity index (χ4v) is 2.51. The maximum Gasteiger partial charge on any atom is 0.160 e. The first-order chi connectivity index (χ1) is 9.74. The van der Waals surface area contributed by atoms with Gasteiger partial charge in [0.25, 0.3) is 0 Å². The molecule has 2 aromatic heterocycles. The molecule has 1 aliphatic heterocycles. The Morgan fingerprint density at radius 1 is 1.20 bits per heavy atom. The van der Waals surface area contributed by atoms with Crippen LogP contribution in [0.2, 0.25) is 0 Å². The molecule has 0 saturated carbocycles. The highest BCUT2D eigenvalue weighted by molar-refractivity contribution is 5.60. The lowest BCUT2D eigenvalue weighted by Gasteiger charge is -2.17. The molecule has 1 saturated heterocycles. The van der Waals surface area contributed by atoms with Crippen molar-refractivity contribution in [2.45, 2.75) is 19.9 Å². The summed E-state index contributed by atoms with van der Waals surface area (Å²) < 4.78 is 0. The highest BCUT2D eigenvalue weighted by Crippen LogP contribution is 2.21. The molecule has 104 valence electrons. The third kappa shape index (κ3) is 2.63. The van der Waals surface area contributed by atoms with Crippen LogP contribution >= 0.6 is 0 Å². The molecule has 0 aliphatic carbocycles. The van der Waals surface area contributed by atoms with Crippen LogP contribution in [0.5, 0.6) is 0 Å². The molecule has 0 amide bonds. The van der Waals surface area contributed by atoms with E-state index in [1.54, 1.807) is 12.4 Å². The predicted octanol–water partition coefficient (Wildman–Crippen LogP) is 1.87. The van der Waals surface area contributed by atoms with E-state index in [2.05, 4.69) is 32.5 Å². The molecule has 0 aromatic carbocycles. The van der Waals surface area contributed by atoms with Crippen LogP contribution in [0.1, 0.15) is 12.6 Å². The number of nitrogens with one attached hydrogen (secondary N) is 2. The lowest BCUT2D eigenvalue weighted by Crippen LogP contribution is -2.27. The summed E-state index contributed by atoms with van der Waals surface area (Å²) in [7, 11) is 0. The van der Waals surface area contributed by atoms with Crippen molar-refractivity contribution < 1.29 is 0 Å². The van der Waals surface area contributed by atoms with Crippen LogP contribution < -0.4 is 10.6 Å². The van der Waals surface area contributed by atoms with Crippen LogP contribution in [0.3, 0.4) is 0 Å². The van der Waals surface area contributed by atoms with E-state index in [4.69, 9.17) is 0 Å². The summed E-state index contributed by atoms with van der Waals surface area (Å²) in [5, 5.41) is 6.88. The van der Waals surface area contributed by atoms with Gasteiger partial charge in [-0.25, -0.2) is 15.0 Å². The Labute approximate surface area is 118 Å². The van der Waals surface area contributed by atoms with Crippen molar-refractivity contribution in [3.63, 3.8) is 0 Å². The highest BCUT2D eigenvalue weighted by Gasteiger charge is 2.23. The van der Waals surface area contributed by atoms with Crippen molar-refractivity contribution in [1.29, 1.82) is 0 Å². The smallest absolute Gasteiger partial charge is 0.160 e. The Morgan fingerprint density at radius 2 is 2.00 bits per heavy atom. The number of pyridine rings is 1. The summed E-state index contributed by atoms with van der Waals surface area (Å²) in [6.07, 6.45) is 3.50. The van der Waals surface area contributed by atoms with Crippen LogP contribution in [0.15, 0.2) is 30.6 Å². The molecule has 5 nitrogen and oxygen atoms in total. The van der Waals surface area contributed by atoms with Gasteiger partial charge in [-0.15, -0.1) is 0 Å². The Hall–Kier alpha value is -2.01. The minimum absolute atomic E-state index is 0.445. The van der Waals surface area contributed by atoms with Crippen LogP contribution in [0.4, 0.5) is 5.82 Å². The molecule has 0 bridgehead atoms. The zero-order valence-corrected chi connectivity index (χ0v) is 11.8. The van der Waals surface area contributed by atoms with Crippen molar-refractivity contribution in [3.8, 4) is 11.4 Å². The zero-order chi connectivity index (χ0) is 13.9.